The fourth-order valence-corrected chi connectivity index (χ4v) is 0.882. The molecule has 0 saturated carbocycles. The normalized spacial score (nSPS) is 9.83. The highest BCUT2D eigenvalue weighted by atomic mass is 35.5. The maximum absolute atomic E-state index is 10.3. The van der Waals surface area contributed by atoms with Crippen LogP contribution in [0.25, 0.3) is 0 Å². The largest absolute Gasteiger partial charge is 0.378 e. The van der Waals surface area contributed by atoms with Gasteiger partial charge in [-0.15, -0.1) is 0 Å². The van der Waals surface area contributed by atoms with E-state index in [0.29, 0.717) is 5.56 Å². The molecule has 6 heteroatoms. The minimum atomic E-state index is -0.592. The van der Waals surface area contributed by atoms with Crippen molar-refractivity contribution in [3.05, 3.63) is 26.9 Å². The van der Waals surface area contributed by atoms with E-state index in [9.17, 15) is 10.1 Å². The molecule has 12 heavy (non-hydrogen) atoms. The molecule has 0 aromatic carbocycles. The van der Waals surface area contributed by atoms with Gasteiger partial charge in [-0.3, -0.25) is 10.1 Å². The molecule has 1 aromatic rings. The molecule has 5 nitrogen and oxygen atoms in total. The fraction of sp³-hybridized carbons (Fsp3) is 0.167. The van der Waals surface area contributed by atoms with Crippen LogP contribution in [-0.4, -0.2) is 9.91 Å². The summed E-state index contributed by atoms with van der Waals surface area (Å²) in [5, 5.41) is 10.5. The number of aromatic nitrogens is 1. The minimum absolute atomic E-state index is 0.157. The molecule has 0 atom stereocenters. The highest BCUT2D eigenvalue weighted by Gasteiger charge is 2.14. The Labute approximate surface area is 73.3 Å². The second-order valence-corrected chi connectivity index (χ2v) is 2.62. The first kappa shape index (κ1) is 8.73. The standard InChI is InChI=1S/C6H6ClN3O2/c1-3-2-4(10(11)12)6(8)9-5(3)7/h2H,1H3,(H2,8,9). The third-order valence-electron chi connectivity index (χ3n) is 1.36. The Balaban J connectivity index is 3.33. The van der Waals surface area contributed by atoms with Gasteiger partial charge in [0.1, 0.15) is 5.15 Å². The Morgan fingerprint density at radius 1 is 1.75 bits per heavy atom. The second-order valence-electron chi connectivity index (χ2n) is 2.26. The quantitative estimate of drug-likeness (QED) is 0.411. The predicted molar refractivity (Wildman–Crippen MR) is 45.1 cm³/mol. The van der Waals surface area contributed by atoms with E-state index in [1.807, 2.05) is 0 Å². The molecule has 2 N–H and O–H groups in total. The molecule has 0 radical (unpaired) electrons. The lowest BCUT2D eigenvalue weighted by molar-refractivity contribution is -0.384. The van der Waals surface area contributed by atoms with Crippen LogP contribution in [0.2, 0.25) is 5.15 Å². The average molecular weight is 188 g/mol. The molecule has 0 fully saturated rings. The molecular formula is C6H6ClN3O2. The molecule has 0 aliphatic heterocycles. The Morgan fingerprint density at radius 2 is 2.33 bits per heavy atom. The summed E-state index contributed by atoms with van der Waals surface area (Å²) in [5.41, 5.74) is 5.58. The zero-order valence-corrected chi connectivity index (χ0v) is 7.00. The van der Waals surface area contributed by atoms with Crippen LogP contribution >= 0.6 is 11.6 Å². The van der Waals surface area contributed by atoms with Crippen LogP contribution in [0.1, 0.15) is 5.56 Å². The summed E-state index contributed by atoms with van der Waals surface area (Å²) in [7, 11) is 0. The van der Waals surface area contributed by atoms with Crippen molar-refractivity contribution in [1.29, 1.82) is 0 Å². The van der Waals surface area contributed by atoms with Gasteiger partial charge in [0.05, 0.1) is 4.92 Å². The smallest absolute Gasteiger partial charge is 0.311 e. The van der Waals surface area contributed by atoms with Gasteiger partial charge < -0.3 is 5.73 Å². The van der Waals surface area contributed by atoms with Crippen LogP contribution in [-0.2, 0) is 0 Å². The van der Waals surface area contributed by atoms with Gasteiger partial charge in [-0.05, 0) is 12.5 Å². The lowest BCUT2D eigenvalue weighted by Gasteiger charge is -1.99. The first-order chi connectivity index (χ1) is 5.52. The van der Waals surface area contributed by atoms with Gasteiger partial charge in [0, 0.05) is 6.07 Å². The first-order valence-corrected chi connectivity index (χ1v) is 3.47. The molecule has 0 bridgehead atoms. The summed E-state index contributed by atoms with van der Waals surface area (Å²) < 4.78 is 0. The van der Waals surface area contributed by atoms with Crippen molar-refractivity contribution in [3.8, 4) is 0 Å². The molecule has 1 heterocycles. The maximum Gasteiger partial charge on any atom is 0.311 e. The van der Waals surface area contributed by atoms with Gasteiger partial charge in [-0.25, -0.2) is 4.98 Å². The third kappa shape index (κ3) is 1.45. The van der Waals surface area contributed by atoms with Gasteiger partial charge in [-0.2, -0.15) is 0 Å². The second kappa shape index (κ2) is 2.94. The van der Waals surface area contributed by atoms with Crippen LogP contribution < -0.4 is 5.73 Å². The maximum atomic E-state index is 10.3. The molecule has 0 aliphatic rings. The van der Waals surface area contributed by atoms with Crippen molar-refractivity contribution >= 4 is 23.1 Å². The molecule has 0 aliphatic carbocycles. The number of aryl methyl sites for hydroxylation is 1. The topological polar surface area (TPSA) is 82.0 Å². The molecule has 1 aromatic heterocycles. The molecule has 0 unspecified atom stereocenters. The Kier molecular flexibility index (Phi) is 2.14. The van der Waals surface area contributed by atoms with Crippen molar-refractivity contribution in [2.75, 3.05) is 5.73 Å². The molecule has 0 amide bonds. The minimum Gasteiger partial charge on any atom is -0.378 e. The number of nitrogens with two attached hydrogens (primary N) is 1. The number of nitro groups is 1. The van der Waals surface area contributed by atoms with Crippen molar-refractivity contribution in [1.82, 2.24) is 4.98 Å². The van der Waals surface area contributed by atoms with Gasteiger partial charge in [0.25, 0.3) is 0 Å². The van der Waals surface area contributed by atoms with Crippen LogP contribution in [0.4, 0.5) is 11.5 Å². The van der Waals surface area contributed by atoms with Crippen molar-refractivity contribution in [3.63, 3.8) is 0 Å². The fourth-order valence-electron chi connectivity index (χ4n) is 0.736. The van der Waals surface area contributed by atoms with E-state index in [4.69, 9.17) is 17.3 Å². The Morgan fingerprint density at radius 3 is 2.83 bits per heavy atom. The van der Waals surface area contributed by atoms with Crippen LogP contribution in [0, 0.1) is 17.0 Å². The summed E-state index contributed by atoms with van der Waals surface area (Å²) >= 11 is 5.58. The highest BCUT2D eigenvalue weighted by molar-refractivity contribution is 6.30. The van der Waals surface area contributed by atoms with Crippen molar-refractivity contribution in [2.45, 2.75) is 6.92 Å². The Hall–Kier alpha value is -1.36. The summed E-state index contributed by atoms with van der Waals surface area (Å²) in [6, 6.07) is 1.30. The Bertz CT molecular complexity index is 340. The summed E-state index contributed by atoms with van der Waals surface area (Å²) in [4.78, 5) is 13.3. The lowest BCUT2D eigenvalue weighted by Crippen LogP contribution is -1.99. The van der Waals surface area contributed by atoms with Crippen LogP contribution in [0.5, 0.6) is 0 Å². The van der Waals surface area contributed by atoms with E-state index in [1.54, 1.807) is 6.92 Å². The van der Waals surface area contributed by atoms with E-state index in [1.165, 1.54) is 6.07 Å². The summed E-state index contributed by atoms with van der Waals surface area (Å²) in [5.74, 6) is -0.157. The monoisotopic (exact) mass is 187 g/mol. The number of anilines is 1. The van der Waals surface area contributed by atoms with Crippen molar-refractivity contribution in [2.24, 2.45) is 0 Å². The molecule has 0 spiro atoms. The van der Waals surface area contributed by atoms with Crippen LogP contribution in [0.15, 0.2) is 6.07 Å². The zero-order valence-electron chi connectivity index (χ0n) is 6.24. The summed E-state index contributed by atoms with van der Waals surface area (Å²) in [6.45, 7) is 1.63. The number of hydrogen-bond acceptors (Lipinski definition) is 4. The van der Waals surface area contributed by atoms with Gasteiger partial charge in [-0.1, -0.05) is 11.6 Å². The number of halogens is 1. The number of hydrogen-bond donors (Lipinski definition) is 1. The first-order valence-electron chi connectivity index (χ1n) is 3.09. The number of nitrogens with zero attached hydrogens (tertiary/aromatic N) is 2. The van der Waals surface area contributed by atoms with E-state index >= 15 is 0 Å². The van der Waals surface area contributed by atoms with Gasteiger partial charge >= 0.3 is 5.69 Å². The molecular weight excluding hydrogens is 182 g/mol. The highest BCUT2D eigenvalue weighted by Crippen LogP contribution is 2.24. The van der Waals surface area contributed by atoms with Crippen molar-refractivity contribution < 1.29 is 4.92 Å². The van der Waals surface area contributed by atoms with Gasteiger partial charge in [0.2, 0.25) is 5.82 Å². The van der Waals surface area contributed by atoms with E-state index in [2.05, 4.69) is 4.98 Å². The zero-order chi connectivity index (χ0) is 9.30. The number of pyridine rings is 1. The van der Waals surface area contributed by atoms with E-state index in [-0.39, 0.29) is 16.7 Å². The van der Waals surface area contributed by atoms with E-state index < -0.39 is 4.92 Å². The third-order valence-corrected chi connectivity index (χ3v) is 1.74. The van der Waals surface area contributed by atoms with E-state index in [0.717, 1.165) is 0 Å². The summed E-state index contributed by atoms with van der Waals surface area (Å²) in [6.07, 6.45) is 0. The molecule has 1 rings (SSSR count). The van der Waals surface area contributed by atoms with Crippen LogP contribution in [0.3, 0.4) is 0 Å². The number of nitrogen functional groups attached to an aromatic ring is 1. The number of rotatable bonds is 1. The molecule has 64 valence electrons. The predicted octanol–water partition coefficient (Wildman–Crippen LogP) is 1.53. The average Bonchev–Trinajstić information content (AvgIpc) is 1.96. The lowest BCUT2D eigenvalue weighted by atomic mass is 10.3. The molecule has 0 saturated heterocycles. The SMILES string of the molecule is Cc1cc([N+](=O)[O-])c(N)nc1Cl. The van der Waals surface area contributed by atoms with Gasteiger partial charge in [0.15, 0.2) is 0 Å².